The zero-order chi connectivity index (χ0) is 59.6. The van der Waals surface area contributed by atoms with Gasteiger partial charge in [-0.3, -0.25) is 19.2 Å². The number of ketones is 3. The van der Waals surface area contributed by atoms with Crippen LogP contribution >= 0.6 is 0 Å². The normalized spacial score (nSPS) is 34.7. The fraction of sp³-hybridized carbons (Fsp3) is 0.767. The van der Waals surface area contributed by atoms with Gasteiger partial charge in [0.1, 0.15) is 36.2 Å². The number of piperidine rings is 1. The van der Waals surface area contributed by atoms with E-state index < -0.39 is 102 Å². The van der Waals surface area contributed by atoms with Gasteiger partial charge in [-0.2, -0.15) is 0 Å². The predicted octanol–water partition coefficient (Wildman–Crippen LogP) is 5.30. The second-order valence-electron chi connectivity index (χ2n) is 22.4. The molecule has 0 spiro atoms. The summed E-state index contributed by atoms with van der Waals surface area (Å²) in [6.07, 6.45) is 8.56. The molecule has 0 radical (unpaired) electrons. The smallest absolute Gasteiger partial charge is 0.407 e. The molecule has 1 saturated carbocycles. The van der Waals surface area contributed by atoms with Gasteiger partial charge in [0, 0.05) is 78.2 Å². The molecular formula is C60H97N3O18. The summed E-state index contributed by atoms with van der Waals surface area (Å²) in [6.45, 7) is 13.7. The highest BCUT2D eigenvalue weighted by Gasteiger charge is 2.53. The van der Waals surface area contributed by atoms with Crippen LogP contribution in [-0.2, 0) is 71.3 Å². The Morgan fingerprint density at radius 3 is 2.16 bits per heavy atom. The molecule has 5 N–H and O–H groups in total. The van der Waals surface area contributed by atoms with E-state index in [1.807, 2.05) is 44.2 Å². The van der Waals surface area contributed by atoms with Crippen LogP contribution in [0, 0.1) is 29.6 Å². The number of esters is 1. The van der Waals surface area contributed by atoms with Gasteiger partial charge >= 0.3 is 12.1 Å². The van der Waals surface area contributed by atoms with E-state index in [-0.39, 0.29) is 68.8 Å². The second kappa shape index (κ2) is 35.8. The minimum absolute atomic E-state index is 0.0139. The number of aliphatic hydroxyl groups is 2. The monoisotopic (exact) mass is 1150 g/mol. The van der Waals surface area contributed by atoms with Gasteiger partial charge in [-0.05, 0) is 101 Å². The van der Waals surface area contributed by atoms with E-state index >= 15 is 0 Å². The first-order chi connectivity index (χ1) is 38.7. The molecule has 0 aromatic carbocycles. The van der Waals surface area contributed by atoms with E-state index in [1.165, 1.54) is 14.2 Å². The lowest BCUT2D eigenvalue weighted by Gasteiger charge is -2.42. The van der Waals surface area contributed by atoms with Crippen molar-refractivity contribution >= 4 is 35.3 Å². The molecule has 15 atom stereocenters. The molecule has 0 aromatic rings. The highest BCUT2D eigenvalue weighted by atomic mass is 16.6. The molecule has 1 aliphatic carbocycles. The maximum absolute atomic E-state index is 14.6. The Morgan fingerprint density at radius 2 is 1.49 bits per heavy atom. The standard InChI is InChI=1S/C60H97N3O18/c1-38-16-12-11-13-17-39(2)50(73-8)36-45-21-19-43(6)60(71,81-45)56(67)57(68)63-24-15-14-18-47(63)58(69)79-51(37-48(64)40(3)33-42(5)54(66)55(75-10)53(65)41(4)32-38)46(61)34-44-20-22-49(52(35-44)74-9)80-59(70)62-23-25-76-28-29-78-31-30-77-27-26-72-7/h11-13,16-17,33,38,40-41,43-47,49-52,54-55,66,71H,14-15,18-32,34-37,61H2,1-10H3,(H,62,70)/b13-11+,16-12+,39-17+,42-33+/t38-,40-,41?,43-,44+,45+,46-,47+,49-,50+,51+,52-,54-,55+,60-/m1/s1. The third kappa shape index (κ3) is 21.7. The zero-order valence-electron chi connectivity index (χ0n) is 49.8. The number of amides is 2. The first-order valence-corrected chi connectivity index (χ1v) is 29.1. The van der Waals surface area contributed by atoms with Gasteiger partial charge in [0.05, 0.1) is 64.6 Å². The topological polar surface area (TPSA) is 276 Å². The number of hydrogen-bond acceptors (Lipinski definition) is 19. The van der Waals surface area contributed by atoms with Crippen LogP contribution in [0.2, 0.25) is 0 Å². The summed E-state index contributed by atoms with van der Waals surface area (Å²) in [5.41, 5.74) is 8.17. The van der Waals surface area contributed by atoms with Gasteiger partial charge in [-0.15, -0.1) is 0 Å². The van der Waals surface area contributed by atoms with Gasteiger partial charge in [-0.1, -0.05) is 64.2 Å². The molecule has 3 fully saturated rings. The summed E-state index contributed by atoms with van der Waals surface area (Å²) in [4.78, 5) is 85.4. The number of nitrogens with zero attached hydrogens (tertiary/aromatic N) is 1. The van der Waals surface area contributed by atoms with Crippen molar-refractivity contribution in [1.82, 2.24) is 10.2 Å². The Labute approximate surface area is 480 Å². The van der Waals surface area contributed by atoms with Crippen molar-refractivity contribution in [1.29, 1.82) is 0 Å². The van der Waals surface area contributed by atoms with E-state index in [0.29, 0.717) is 96.6 Å². The van der Waals surface area contributed by atoms with Crippen molar-refractivity contribution in [2.45, 2.75) is 179 Å². The van der Waals surface area contributed by atoms with E-state index in [0.717, 1.165) is 10.5 Å². The van der Waals surface area contributed by atoms with Crippen LogP contribution in [0.25, 0.3) is 0 Å². The highest BCUT2D eigenvalue weighted by molar-refractivity contribution is 6.39. The molecule has 21 heteroatoms. The van der Waals surface area contributed by atoms with Crippen molar-refractivity contribution in [2.75, 3.05) is 87.8 Å². The van der Waals surface area contributed by atoms with Crippen molar-refractivity contribution in [3.05, 3.63) is 47.6 Å². The number of nitrogens with two attached hydrogens (primary N) is 1. The average Bonchev–Trinajstić information content (AvgIpc) is 3.56. The molecule has 460 valence electrons. The van der Waals surface area contributed by atoms with Crippen LogP contribution in [0.3, 0.4) is 0 Å². The Morgan fingerprint density at radius 1 is 0.802 bits per heavy atom. The molecular weight excluding hydrogens is 1050 g/mol. The largest absolute Gasteiger partial charge is 0.459 e. The quantitative estimate of drug-likeness (QED) is 0.0553. The Bertz CT molecular complexity index is 2120. The molecule has 2 saturated heterocycles. The molecule has 0 aromatic heterocycles. The van der Waals surface area contributed by atoms with Crippen LogP contribution in [0.1, 0.15) is 119 Å². The third-order valence-corrected chi connectivity index (χ3v) is 16.1. The lowest BCUT2D eigenvalue weighted by Crippen LogP contribution is -2.61. The van der Waals surface area contributed by atoms with Gasteiger partial charge < -0.3 is 73.5 Å². The summed E-state index contributed by atoms with van der Waals surface area (Å²) in [6, 6.07) is -2.16. The van der Waals surface area contributed by atoms with E-state index in [2.05, 4.69) is 5.32 Å². The minimum atomic E-state index is -2.48. The first kappa shape index (κ1) is 69.2. The average molecular weight is 1150 g/mol. The Kier molecular flexibility index (Phi) is 30.6. The van der Waals surface area contributed by atoms with Gasteiger partial charge in [0.2, 0.25) is 5.79 Å². The lowest BCUT2D eigenvalue weighted by molar-refractivity contribution is -0.265. The summed E-state index contributed by atoms with van der Waals surface area (Å²) in [5, 5.41) is 26.3. The van der Waals surface area contributed by atoms with E-state index in [4.69, 9.17) is 53.1 Å². The van der Waals surface area contributed by atoms with Gasteiger partial charge in [-0.25, -0.2) is 9.59 Å². The minimum Gasteiger partial charge on any atom is -0.459 e. The Balaban J connectivity index is 1.55. The highest BCUT2D eigenvalue weighted by Crippen LogP contribution is 2.37. The van der Waals surface area contributed by atoms with Crippen molar-refractivity contribution in [3.8, 4) is 0 Å². The zero-order valence-corrected chi connectivity index (χ0v) is 49.8. The third-order valence-electron chi connectivity index (χ3n) is 16.1. The van der Waals surface area contributed by atoms with Crippen LogP contribution in [0.5, 0.6) is 0 Å². The summed E-state index contributed by atoms with van der Waals surface area (Å²) in [5.74, 6) is -8.51. The molecule has 2 bridgehead atoms. The number of rotatable bonds is 19. The number of aliphatic hydroxyl groups excluding tert-OH is 1. The molecule has 4 rings (SSSR count). The fourth-order valence-corrected chi connectivity index (χ4v) is 11.1. The number of alkyl carbamates (subject to hydrolysis) is 1. The molecule has 1 unspecified atom stereocenters. The van der Waals surface area contributed by atoms with Gasteiger partial charge in [0.25, 0.3) is 11.7 Å². The fourth-order valence-electron chi connectivity index (χ4n) is 11.1. The van der Waals surface area contributed by atoms with Crippen molar-refractivity contribution in [2.24, 2.45) is 35.3 Å². The number of Topliss-reactive ketones (excluding diaryl/α,β-unsaturated/α-hetero) is 3. The molecule has 81 heavy (non-hydrogen) atoms. The van der Waals surface area contributed by atoms with Crippen LogP contribution in [0.4, 0.5) is 4.79 Å². The number of methoxy groups -OCH3 is 4. The number of fused-ring (bicyclic) bond motifs is 3. The van der Waals surface area contributed by atoms with Crippen LogP contribution in [-0.4, -0.2) is 199 Å². The number of cyclic esters (lactones) is 1. The number of carbonyl (C=O) groups is 6. The SMILES string of the molecule is COCCOCCOCCOCCNC(=O)O[C@@H]1CC[C@@H](C[C@@H](N)[C@@H]2CC(=O)[C@H](C)/C=C(\C)[C@@H](O)[C@@H](OC)C(=O)C(C)C[C@H](C)/C=C/C=C/C=C(\C)[C@@H](OC)C[C@@H]3CC[C@@H](C)[C@@](O)(O3)C(=O)C(=O)N3CCCC[C@H]3C(=O)O2)C[C@H]1OC. The van der Waals surface area contributed by atoms with Crippen LogP contribution in [0.15, 0.2) is 47.6 Å². The number of nitrogens with one attached hydrogen (secondary N) is 1. The molecule has 2 amide bonds. The maximum atomic E-state index is 14.6. The lowest BCUT2D eigenvalue weighted by atomic mass is 9.80. The second-order valence-corrected chi connectivity index (χ2v) is 22.4. The number of hydrogen-bond donors (Lipinski definition) is 4. The Hall–Kier alpha value is -4.26. The van der Waals surface area contributed by atoms with Crippen molar-refractivity contribution < 1.29 is 86.3 Å². The summed E-state index contributed by atoms with van der Waals surface area (Å²) in [7, 11) is 6.05. The molecule has 21 nitrogen and oxygen atoms in total. The van der Waals surface area contributed by atoms with Gasteiger partial charge in [0.15, 0.2) is 5.78 Å². The number of carbonyl (C=O) groups excluding carboxylic acids is 6. The summed E-state index contributed by atoms with van der Waals surface area (Å²) >= 11 is 0. The van der Waals surface area contributed by atoms with E-state index in [1.54, 1.807) is 48.0 Å². The summed E-state index contributed by atoms with van der Waals surface area (Å²) < 4.78 is 56.8. The van der Waals surface area contributed by atoms with Crippen LogP contribution < -0.4 is 11.1 Å². The predicted molar refractivity (Wildman–Crippen MR) is 301 cm³/mol. The molecule has 3 aliphatic heterocycles. The maximum Gasteiger partial charge on any atom is 0.407 e. The first-order valence-electron chi connectivity index (χ1n) is 29.1. The molecule has 3 heterocycles. The molecule has 4 aliphatic rings. The van der Waals surface area contributed by atoms with Crippen molar-refractivity contribution in [3.63, 3.8) is 0 Å². The number of ether oxygens (including phenoxy) is 10. The number of allylic oxidation sites excluding steroid dienone is 6. The van der Waals surface area contributed by atoms with E-state index in [9.17, 15) is 39.0 Å².